The third-order valence-corrected chi connectivity index (χ3v) is 2.43. The number of amides is 1. The Morgan fingerprint density at radius 2 is 2.44 bits per heavy atom. The van der Waals surface area contributed by atoms with Crippen LogP contribution in [0.15, 0.2) is 24.5 Å². The van der Waals surface area contributed by atoms with Crippen LogP contribution in [0.5, 0.6) is 0 Å². The summed E-state index contributed by atoms with van der Waals surface area (Å²) in [6.45, 7) is 2.02. The van der Waals surface area contributed by atoms with E-state index in [0.717, 1.165) is 12.8 Å². The van der Waals surface area contributed by atoms with Crippen molar-refractivity contribution in [1.82, 2.24) is 10.3 Å². The molecule has 0 saturated carbocycles. The van der Waals surface area contributed by atoms with Crippen molar-refractivity contribution in [2.45, 2.75) is 25.8 Å². The van der Waals surface area contributed by atoms with Crippen LogP contribution in [-0.2, 0) is 0 Å². The number of carbonyl (C=O) groups is 1. The largest absolute Gasteiger partial charge is 0.392 e. The summed E-state index contributed by atoms with van der Waals surface area (Å²) in [5, 5.41) is 2.79. The van der Waals surface area contributed by atoms with Crippen LogP contribution in [-0.4, -0.2) is 21.9 Å². The second-order valence-electron chi connectivity index (χ2n) is 3.46. The van der Waals surface area contributed by atoms with Gasteiger partial charge in [0.05, 0.1) is 16.6 Å². The number of hydrogen-bond donors (Lipinski definition) is 2. The van der Waals surface area contributed by atoms with E-state index < -0.39 is 0 Å². The van der Waals surface area contributed by atoms with Crippen molar-refractivity contribution in [1.29, 1.82) is 0 Å². The topological polar surface area (TPSA) is 68.0 Å². The van der Waals surface area contributed by atoms with Crippen LogP contribution < -0.4 is 11.1 Å². The third kappa shape index (κ3) is 3.58. The second-order valence-corrected chi connectivity index (χ2v) is 3.93. The molecule has 0 radical (unpaired) electrons. The Bertz CT molecular complexity index is 367. The number of nitrogens with two attached hydrogens (primary N) is 1. The Balaban J connectivity index is 2.65. The van der Waals surface area contributed by atoms with E-state index in [1.807, 2.05) is 6.92 Å². The van der Waals surface area contributed by atoms with E-state index >= 15 is 0 Å². The average molecular weight is 237 g/mol. The molecule has 5 heteroatoms. The van der Waals surface area contributed by atoms with Crippen molar-refractivity contribution in [3.63, 3.8) is 0 Å². The lowest BCUT2D eigenvalue weighted by Crippen LogP contribution is -2.43. The summed E-state index contributed by atoms with van der Waals surface area (Å²) >= 11 is 4.90. The fourth-order valence-electron chi connectivity index (χ4n) is 1.31. The van der Waals surface area contributed by atoms with Crippen molar-refractivity contribution in [3.05, 3.63) is 30.1 Å². The summed E-state index contributed by atoms with van der Waals surface area (Å²) in [5.74, 6) is -0.195. The van der Waals surface area contributed by atoms with Gasteiger partial charge in [0.25, 0.3) is 5.91 Å². The molecule has 3 N–H and O–H groups in total. The smallest absolute Gasteiger partial charge is 0.253 e. The first-order valence-electron chi connectivity index (χ1n) is 5.15. The van der Waals surface area contributed by atoms with E-state index in [9.17, 15) is 4.79 Å². The number of thiocarbonyl (C=S) groups is 1. The Labute approximate surface area is 100 Å². The van der Waals surface area contributed by atoms with E-state index in [4.69, 9.17) is 18.0 Å². The van der Waals surface area contributed by atoms with Crippen LogP contribution >= 0.6 is 12.2 Å². The Morgan fingerprint density at radius 1 is 1.69 bits per heavy atom. The Hall–Kier alpha value is -1.49. The average Bonchev–Trinajstić information content (AvgIpc) is 2.29. The highest BCUT2D eigenvalue weighted by molar-refractivity contribution is 7.80. The van der Waals surface area contributed by atoms with Crippen LogP contribution in [0, 0.1) is 0 Å². The van der Waals surface area contributed by atoms with E-state index in [0.29, 0.717) is 10.6 Å². The molecule has 1 amide bonds. The summed E-state index contributed by atoms with van der Waals surface area (Å²) in [5.41, 5.74) is 6.06. The molecule has 1 aromatic rings. The minimum absolute atomic E-state index is 0.195. The van der Waals surface area contributed by atoms with Crippen LogP contribution in [0.1, 0.15) is 30.1 Å². The number of aromatic nitrogens is 1. The zero-order chi connectivity index (χ0) is 12.0. The molecule has 1 rings (SSSR count). The second kappa shape index (κ2) is 6.17. The predicted molar refractivity (Wildman–Crippen MR) is 67.2 cm³/mol. The summed E-state index contributed by atoms with van der Waals surface area (Å²) in [6, 6.07) is 3.17. The third-order valence-electron chi connectivity index (χ3n) is 2.15. The van der Waals surface area contributed by atoms with Gasteiger partial charge in [-0.25, -0.2) is 0 Å². The maximum Gasteiger partial charge on any atom is 0.253 e. The van der Waals surface area contributed by atoms with Crippen molar-refractivity contribution in [2.75, 3.05) is 0 Å². The van der Waals surface area contributed by atoms with E-state index in [2.05, 4.69) is 10.3 Å². The first kappa shape index (κ1) is 12.6. The lowest BCUT2D eigenvalue weighted by atomic mass is 10.1. The molecule has 1 unspecified atom stereocenters. The molecule has 1 heterocycles. The van der Waals surface area contributed by atoms with Gasteiger partial charge in [-0.15, -0.1) is 0 Å². The summed E-state index contributed by atoms with van der Waals surface area (Å²) in [4.78, 5) is 16.0. The van der Waals surface area contributed by atoms with Crippen LogP contribution in [0.4, 0.5) is 0 Å². The molecule has 0 saturated heterocycles. The van der Waals surface area contributed by atoms with Crippen LogP contribution in [0.25, 0.3) is 0 Å². The van der Waals surface area contributed by atoms with Gasteiger partial charge < -0.3 is 11.1 Å². The number of nitrogens with one attached hydrogen (secondary N) is 1. The molecule has 0 aromatic carbocycles. The SMILES string of the molecule is CCCC(NC(=O)c1cccnc1)C(N)=S. The van der Waals surface area contributed by atoms with Gasteiger partial charge in [-0.1, -0.05) is 25.6 Å². The standard InChI is InChI=1S/C11H15N3OS/c1-2-4-9(10(12)16)14-11(15)8-5-3-6-13-7-8/h3,5-7,9H,2,4H2,1H3,(H2,12,16)(H,14,15). The van der Waals surface area contributed by atoms with E-state index in [1.54, 1.807) is 18.3 Å². The fourth-order valence-corrected chi connectivity index (χ4v) is 1.49. The monoisotopic (exact) mass is 237 g/mol. The van der Waals surface area contributed by atoms with Gasteiger partial charge in [0.2, 0.25) is 0 Å². The highest BCUT2D eigenvalue weighted by Gasteiger charge is 2.14. The Kier molecular flexibility index (Phi) is 4.85. The summed E-state index contributed by atoms with van der Waals surface area (Å²) in [6.07, 6.45) is 4.79. The van der Waals surface area contributed by atoms with Gasteiger partial charge in [0, 0.05) is 12.4 Å². The molecular formula is C11H15N3OS. The first-order chi connectivity index (χ1) is 7.65. The number of rotatable bonds is 5. The normalized spacial score (nSPS) is 11.8. The number of pyridine rings is 1. The number of carbonyl (C=O) groups excluding carboxylic acids is 1. The molecule has 4 nitrogen and oxygen atoms in total. The van der Waals surface area contributed by atoms with Crippen LogP contribution in [0.2, 0.25) is 0 Å². The maximum absolute atomic E-state index is 11.8. The highest BCUT2D eigenvalue weighted by atomic mass is 32.1. The van der Waals surface area contributed by atoms with Gasteiger partial charge in [0.15, 0.2) is 0 Å². The van der Waals surface area contributed by atoms with Gasteiger partial charge in [0.1, 0.15) is 0 Å². The van der Waals surface area contributed by atoms with Crippen molar-refractivity contribution >= 4 is 23.1 Å². The van der Waals surface area contributed by atoms with Gasteiger partial charge in [-0.05, 0) is 18.6 Å². The molecule has 0 bridgehead atoms. The van der Waals surface area contributed by atoms with Gasteiger partial charge >= 0.3 is 0 Å². The number of hydrogen-bond acceptors (Lipinski definition) is 3. The minimum Gasteiger partial charge on any atom is -0.392 e. The summed E-state index contributed by atoms with van der Waals surface area (Å²) in [7, 11) is 0. The molecule has 1 aromatic heterocycles. The fraction of sp³-hybridized carbons (Fsp3) is 0.364. The first-order valence-corrected chi connectivity index (χ1v) is 5.56. The Morgan fingerprint density at radius 3 is 2.94 bits per heavy atom. The molecule has 0 fully saturated rings. The molecule has 0 spiro atoms. The quantitative estimate of drug-likeness (QED) is 0.757. The molecule has 86 valence electrons. The van der Waals surface area contributed by atoms with E-state index in [-0.39, 0.29) is 11.9 Å². The molecule has 0 aliphatic rings. The van der Waals surface area contributed by atoms with Crippen molar-refractivity contribution < 1.29 is 4.79 Å². The zero-order valence-electron chi connectivity index (χ0n) is 9.14. The zero-order valence-corrected chi connectivity index (χ0v) is 9.96. The molecule has 16 heavy (non-hydrogen) atoms. The lowest BCUT2D eigenvalue weighted by molar-refractivity contribution is 0.0945. The molecular weight excluding hydrogens is 222 g/mol. The highest BCUT2D eigenvalue weighted by Crippen LogP contribution is 2.01. The molecule has 0 aliphatic heterocycles. The van der Waals surface area contributed by atoms with E-state index in [1.165, 1.54) is 6.20 Å². The maximum atomic E-state index is 11.8. The molecule has 1 atom stereocenters. The lowest BCUT2D eigenvalue weighted by Gasteiger charge is -2.16. The van der Waals surface area contributed by atoms with Crippen molar-refractivity contribution in [3.8, 4) is 0 Å². The predicted octanol–water partition coefficient (Wildman–Crippen LogP) is 1.27. The van der Waals surface area contributed by atoms with Crippen LogP contribution in [0.3, 0.4) is 0 Å². The number of nitrogens with zero attached hydrogens (tertiary/aromatic N) is 1. The van der Waals surface area contributed by atoms with Gasteiger partial charge in [-0.3, -0.25) is 9.78 Å². The molecule has 0 aliphatic carbocycles. The van der Waals surface area contributed by atoms with Gasteiger partial charge in [-0.2, -0.15) is 0 Å². The van der Waals surface area contributed by atoms with Crippen molar-refractivity contribution in [2.24, 2.45) is 5.73 Å². The summed E-state index contributed by atoms with van der Waals surface area (Å²) < 4.78 is 0. The minimum atomic E-state index is -0.243.